The lowest BCUT2D eigenvalue weighted by atomic mass is 9.81. The minimum absolute atomic E-state index is 0.503. The molecule has 0 unspecified atom stereocenters. The van der Waals surface area contributed by atoms with Crippen LogP contribution in [0.3, 0.4) is 0 Å². The van der Waals surface area contributed by atoms with E-state index < -0.39 is 11.9 Å². The van der Waals surface area contributed by atoms with E-state index in [-0.39, 0.29) is 0 Å². The number of carboxylic acids is 2. The summed E-state index contributed by atoms with van der Waals surface area (Å²) in [5.41, 5.74) is 1.29. The average Bonchev–Trinajstić information content (AvgIpc) is 2.63. The number of carbonyl (C=O) groups is 2. The standard InChI is InChI=1S/C17H25Cl2NO.C4H4O4/c1-12(2)10-21-11-14-9-20(3)7-6-15(14)13-4-5-16(18)17(19)8-13;5-3(6)1-2-4(7)8/h4-5,8,12,14-15H,6-7,9-11H2,1-3H3;1-2H,(H,5,6)(H,7,8)/b;2-1+/t14-,15-;/m0./s1. The van der Waals surface area contributed by atoms with Crippen LogP contribution in [0.4, 0.5) is 0 Å². The molecule has 0 radical (unpaired) electrons. The van der Waals surface area contributed by atoms with Crippen LogP contribution in [0.15, 0.2) is 30.4 Å². The summed E-state index contributed by atoms with van der Waals surface area (Å²) in [4.78, 5) is 21.5. The molecule has 1 aromatic carbocycles. The first-order valence-corrected chi connectivity index (χ1v) is 10.2. The summed E-state index contributed by atoms with van der Waals surface area (Å²) in [6.45, 7) is 8.20. The molecule has 0 aromatic heterocycles. The molecular formula is C21H29Cl2NO5. The Labute approximate surface area is 182 Å². The fraction of sp³-hybridized carbons (Fsp3) is 0.524. The summed E-state index contributed by atoms with van der Waals surface area (Å²) < 4.78 is 5.90. The van der Waals surface area contributed by atoms with Crippen LogP contribution >= 0.6 is 23.2 Å². The Kier molecular flexibility index (Phi) is 11.3. The molecule has 0 aliphatic carbocycles. The van der Waals surface area contributed by atoms with Crippen molar-refractivity contribution in [3.05, 3.63) is 46.0 Å². The van der Waals surface area contributed by atoms with E-state index >= 15 is 0 Å². The first-order chi connectivity index (χ1) is 13.6. The predicted octanol–water partition coefficient (Wildman–Crippen LogP) is 4.41. The zero-order valence-electron chi connectivity index (χ0n) is 17.0. The maximum absolute atomic E-state index is 9.55. The summed E-state index contributed by atoms with van der Waals surface area (Å²) in [5.74, 6) is -0.919. The van der Waals surface area contributed by atoms with Crippen molar-refractivity contribution in [2.24, 2.45) is 11.8 Å². The molecule has 1 heterocycles. The summed E-state index contributed by atoms with van der Waals surface area (Å²) >= 11 is 12.2. The monoisotopic (exact) mass is 445 g/mol. The number of piperidine rings is 1. The summed E-state index contributed by atoms with van der Waals surface area (Å²) in [7, 11) is 2.18. The van der Waals surface area contributed by atoms with E-state index in [2.05, 4.69) is 31.9 Å². The Hall–Kier alpha value is -1.60. The molecule has 162 valence electrons. The molecule has 2 rings (SSSR count). The maximum Gasteiger partial charge on any atom is 0.328 e. The Morgan fingerprint density at radius 1 is 1.21 bits per heavy atom. The third-order valence-corrected chi connectivity index (χ3v) is 5.20. The van der Waals surface area contributed by atoms with Crippen LogP contribution in [0, 0.1) is 11.8 Å². The molecule has 0 bridgehead atoms. The number of aliphatic carboxylic acids is 2. The van der Waals surface area contributed by atoms with E-state index in [1.165, 1.54) is 5.56 Å². The van der Waals surface area contributed by atoms with E-state index in [1.54, 1.807) is 0 Å². The topological polar surface area (TPSA) is 87.1 Å². The largest absolute Gasteiger partial charge is 0.478 e. The van der Waals surface area contributed by atoms with Gasteiger partial charge in [0.05, 0.1) is 16.7 Å². The van der Waals surface area contributed by atoms with Crippen molar-refractivity contribution in [1.29, 1.82) is 0 Å². The van der Waals surface area contributed by atoms with Crippen molar-refractivity contribution >= 4 is 35.1 Å². The van der Waals surface area contributed by atoms with Gasteiger partial charge in [-0.05, 0) is 49.5 Å². The Balaban J connectivity index is 0.000000447. The molecule has 1 aliphatic heterocycles. The fourth-order valence-electron chi connectivity index (χ4n) is 3.16. The maximum atomic E-state index is 9.55. The van der Waals surface area contributed by atoms with Crippen LogP contribution in [0.2, 0.25) is 10.0 Å². The van der Waals surface area contributed by atoms with Crippen LogP contribution in [0.25, 0.3) is 0 Å². The highest BCUT2D eigenvalue weighted by atomic mass is 35.5. The molecule has 0 saturated carbocycles. The van der Waals surface area contributed by atoms with Gasteiger partial charge in [0.1, 0.15) is 0 Å². The van der Waals surface area contributed by atoms with Crippen molar-refractivity contribution in [3.63, 3.8) is 0 Å². The zero-order chi connectivity index (χ0) is 22.0. The summed E-state index contributed by atoms with van der Waals surface area (Å²) in [5, 5.41) is 16.9. The highest BCUT2D eigenvalue weighted by Crippen LogP contribution is 2.35. The Morgan fingerprint density at radius 2 is 1.83 bits per heavy atom. The van der Waals surface area contributed by atoms with Crippen molar-refractivity contribution in [3.8, 4) is 0 Å². The van der Waals surface area contributed by atoms with Gasteiger partial charge in [0.25, 0.3) is 0 Å². The molecule has 8 heteroatoms. The average molecular weight is 446 g/mol. The first-order valence-electron chi connectivity index (χ1n) is 9.45. The molecule has 1 saturated heterocycles. The van der Waals surface area contributed by atoms with Gasteiger partial charge < -0.3 is 19.8 Å². The van der Waals surface area contributed by atoms with Gasteiger partial charge in [0.2, 0.25) is 0 Å². The first kappa shape index (κ1) is 25.4. The number of hydrogen-bond acceptors (Lipinski definition) is 4. The van der Waals surface area contributed by atoms with Gasteiger partial charge in [-0.1, -0.05) is 43.1 Å². The van der Waals surface area contributed by atoms with E-state index in [1.807, 2.05) is 12.1 Å². The number of hydrogen-bond donors (Lipinski definition) is 2. The van der Waals surface area contributed by atoms with Crippen molar-refractivity contribution < 1.29 is 24.5 Å². The van der Waals surface area contributed by atoms with E-state index in [0.717, 1.165) is 32.7 Å². The van der Waals surface area contributed by atoms with Gasteiger partial charge in [-0.15, -0.1) is 0 Å². The normalized spacial score (nSPS) is 19.8. The lowest BCUT2D eigenvalue weighted by Crippen LogP contribution is -2.39. The molecular weight excluding hydrogens is 417 g/mol. The lowest BCUT2D eigenvalue weighted by molar-refractivity contribution is -0.134. The second-order valence-corrected chi connectivity index (χ2v) is 8.35. The SMILES string of the molecule is CC(C)COC[C@@H]1CN(C)CC[C@H]1c1ccc(Cl)c(Cl)c1.O=C(O)/C=C/C(=O)O. The third kappa shape index (κ3) is 10.1. The van der Waals surface area contributed by atoms with E-state index in [4.69, 9.17) is 38.2 Å². The van der Waals surface area contributed by atoms with Gasteiger partial charge in [-0.2, -0.15) is 0 Å². The lowest BCUT2D eigenvalue weighted by Gasteiger charge is -2.37. The minimum Gasteiger partial charge on any atom is -0.478 e. The molecule has 1 fully saturated rings. The van der Waals surface area contributed by atoms with Crippen LogP contribution < -0.4 is 0 Å². The Bertz CT molecular complexity index is 692. The van der Waals surface area contributed by atoms with Crippen LogP contribution in [-0.2, 0) is 14.3 Å². The molecule has 0 spiro atoms. The summed E-state index contributed by atoms with van der Waals surface area (Å²) in [6.07, 6.45) is 2.26. The number of nitrogens with zero attached hydrogens (tertiary/aromatic N) is 1. The van der Waals surface area contributed by atoms with Gasteiger partial charge in [0, 0.05) is 31.2 Å². The third-order valence-electron chi connectivity index (χ3n) is 4.46. The Morgan fingerprint density at radius 3 is 2.34 bits per heavy atom. The number of halogens is 2. The minimum atomic E-state index is -1.26. The van der Waals surface area contributed by atoms with Gasteiger partial charge >= 0.3 is 11.9 Å². The molecule has 6 nitrogen and oxygen atoms in total. The molecule has 29 heavy (non-hydrogen) atoms. The van der Waals surface area contributed by atoms with Crippen molar-refractivity contribution in [2.45, 2.75) is 26.2 Å². The molecule has 1 aliphatic rings. The number of rotatable bonds is 7. The summed E-state index contributed by atoms with van der Waals surface area (Å²) in [6, 6.07) is 6.04. The molecule has 0 amide bonds. The van der Waals surface area contributed by atoms with Crippen molar-refractivity contribution in [1.82, 2.24) is 4.90 Å². The fourth-order valence-corrected chi connectivity index (χ4v) is 3.47. The van der Waals surface area contributed by atoms with Crippen molar-refractivity contribution in [2.75, 3.05) is 33.4 Å². The van der Waals surface area contributed by atoms with Gasteiger partial charge in [0.15, 0.2) is 0 Å². The van der Waals surface area contributed by atoms with Gasteiger partial charge in [-0.3, -0.25) is 0 Å². The molecule has 2 atom stereocenters. The zero-order valence-corrected chi connectivity index (χ0v) is 18.5. The smallest absolute Gasteiger partial charge is 0.328 e. The second-order valence-electron chi connectivity index (χ2n) is 7.53. The van der Waals surface area contributed by atoms with Crippen LogP contribution in [-0.4, -0.2) is 60.4 Å². The molecule has 2 N–H and O–H groups in total. The van der Waals surface area contributed by atoms with Crippen LogP contribution in [0.1, 0.15) is 31.7 Å². The number of benzene rings is 1. The van der Waals surface area contributed by atoms with Gasteiger partial charge in [-0.25, -0.2) is 9.59 Å². The van der Waals surface area contributed by atoms with E-state index in [9.17, 15) is 9.59 Å². The number of carboxylic acid groups (broad SMARTS) is 2. The van der Waals surface area contributed by atoms with E-state index in [0.29, 0.717) is 40.0 Å². The molecule has 1 aromatic rings. The second kappa shape index (κ2) is 12.9. The highest BCUT2D eigenvalue weighted by molar-refractivity contribution is 6.42. The predicted molar refractivity (Wildman–Crippen MR) is 115 cm³/mol. The highest BCUT2D eigenvalue weighted by Gasteiger charge is 2.29. The number of likely N-dealkylation sites (tertiary alicyclic amines) is 1. The quantitative estimate of drug-likeness (QED) is 0.604. The van der Waals surface area contributed by atoms with Crippen LogP contribution in [0.5, 0.6) is 0 Å². The number of ether oxygens (including phenoxy) is 1.